The van der Waals surface area contributed by atoms with E-state index in [2.05, 4.69) is 22.4 Å². The Balaban J connectivity index is 2.06. The third-order valence-electron chi connectivity index (χ3n) is 4.42. The highest BCUT2D eigenvalue weighted by Crippen LogP contribution is 2.44. The largest absolute Gasteiger partial charge is 0.316 e. The van der Waals surface area contributed by atoms with E-state index in [0.29, 0.717) is 11.8 Å². The third kappa shape index (κ3) is 1.24. The fraction of sp³-hybridized carbons (Fsp3) is 0.429. The van der Waals surface area contributed by atoms with E-state index in [0.717, 1.165) is 24.1 Å². The highest BCUT2D eigenvalue weighted by atomic mass is 16.1. The van der Waals surface area contributed by atoms with Crippen molar-refractivity contribution in [1.29, 1.82) is 0 Å². The standard InChI is InChI=1S/C14H15N3O/c1-17-13-4-11-9-2-8(5-15-6-9)10(11)3-12(13)16-7-14(17)18/h3-4,7-9,15H,2,5-6H2,1H3. The smallest absolute Gasteiger partial charge is 0.269 e. The van der Waals surface area contributed by atoms with Crippen molar-refractivity contribution in [2.45, 2.75) is 18.3 Å². The molecule has 1 fully saturated rings. The fourth-order valence-electron chi connectivity index (χ4n) is 3.43. The summed E-state index contributed by atoms with van der Waals surface area (Å²) in [6.07, 6.45) is 2.65. The van der Waals surface area contributed by atoms with Crippen LogP contribution < -0.4 is 10.9 Å². The van der Waals surface area contributed by atoms with E-state index in [1.807, 2.05) is 7.05 Å². The second kappa shape index (κ2) is 3.42. The minimum absolute atomic E-state index is 0.0402. The molecular formula is C14H15N3O. The summed E-state index contributed by atoms with van der Waals surface area (Å²) in [6, 6.07) is 4.36. The number of benzene rings is 1. The van der Waals surface area contributed by atoms with Gasteiger partial charge >= 0.3 is 0 Å². The lowest BCUT2D eigenvalue weighted by Crippen LogP contribution is -2.28. The lowest BCUT2D eigenvalue weighted by molar-refractivity contribution is 0.454. The molecule has 2 bridgehead atoms. The zero-order valence-electron chi connectivity index (χ0n) is 10.3. The van der Waals surface area contributed by atoms with E-state index in [1.165, 1.54) is 23.7 Å². The van der Waals surface area contributed by atoms with Gasteiger partial charge in [0.25, 0.3) is 5.56 Å². The number of hydrogen-bond acceptors (Lipinski definition) is 3. The molecule has 0 saturated carbocycles. The highest BCUT2D eigenvalue weighted by molar-refractivity contribution is 5.77. The second-order valence-corrected chi connectivity index (χ2v) is 5.41. The van der Waals surface area contributed by atoms with E-state index in [1.54, 1.807) is 4.57 Å². The predicted octanol–water partition coefficient (Wildman–Crippen LogP) is 1.11. The van der Waals surface area contributed by atoms with Crippen LogP contribution in [0.15, 0.2) is 23.1 Å². The molecule has 2 aliphatic rings. The van der Waals surface area contributed by atoms with Gasteiger partial charge in [0, 0.05) is 20.1 Å². The van der Waals surface area contributed by atoms with Gasteiger partial charge in [-0.1, -0.05) is 0 Å². The number of hydrogen-bond donors (Lipinski definition) is 1. The van der Waals surface area contributed by atoms with Gasteiger partial charge < -0.3 is 9.88 Å². The maximum absolute atomic E-state index is 11.6. The van der Waals surface area contributed by atoms with E-state index in [-0.39, 0.29) is 5.56 Å². The summed E-state index contributed by atoms with van der Waals surface area (Å²) in [5.74, 6) is 1.24. The first-order chi connectivity index (χ1) is 8.74. The maximum atomic E-state index is 11.6. The van der Waals surface area contributed by atoms with Crippen LogP contribution in [0.4, 0.5) is 0 Å². The molecule has 4 heteroatoms. The summed E-state index contributed by atoms with van der Waals surface area (Å²) in [7, 11) is 1.82. The normalized spacial score (nSPS) is 25.4. The van der Waals surface area contributed by atoms with Crippen LogP contribution in [0, 0.1) is 0 Å². The Morgan fingerprint density at radius 1 is 1.28 bits per heavy atom. The van der Waals surface area contributed by atoms with Gasteiger partial charge in [0.1, 0.15) is 0 Å². The van der Waals surface area contributed by atoms with Gasteiger partial charge in [-0.2, -0.15) is 0 Å². The molecule has 1 aromatic heterocycles. The molecule has 2 atom stereocenters. The molecule has 1 aliphatic heterocycles. The Morgan fingerprint density at radius 2 is 2.00 bits per heavy atom. The second-order valence-electron chi connectivity index (χ2n) is 5.41. The lowest BCUT2D eigenvalue weighted by Gasteiger charge is -2.19. The van der Waals surface area contributed by atoms with Gasteiger partial charge in [-0.25, -0.2) is 4.98 Å². The Hall–Kier alpha value is -1.68. The van der Waals surface area contributed by atoms with E-state index in [9.17, 15) is 4.79 Å². The summed E-state index contributed by atoms with van der Waals surface area (Å²) < 4.78 is 1.69. The Kier molecular flexibility index (Phi) is 1.95. The number of nitrogens with one attached hydrogen (secondary N) is 1. The van der Waals surface area contributed by atoms with Gasteiger partial charge in [0.05, 0.1) is 17.2 Å². The first kappa shape index (κ1) is 10.3. The van der Waals surface area contributed by atoms with Gasteiger partial charge in [-0.3, -0.25) is 4.79 Å². The van der Waals surface area contributed by atoms with Gasteiger partial charge in [0.2, 0.25) is 0 Å². The van der Waals surface area contributed by atoms with E-state index >= 15 is 0 Å². The Labute approximate surface area is 105 Å². The van der Waals surface area contributed by atoms with Crippen LogP contribution in [0.5, 0.6) is 0 Å². The number of piperidine rings is 1. The van der Waals surface area contributed by atoms with Crippen molar-refractivity contribution in [3.8, 4) is 0 Å². The maximum Gasteiger partial charge on any atom is 0.269 e. The predicted molar refractivity (Wildman–Crippen MR) is 70.0 cm³/mol. The number of rotatable bonds is 0. The van der Waals surface area contributed by atoms with Crippen LogP contribution >= 0.6 is 0 Å². The molecule has 1 aromatic carbocycles. The summed E-state index contributed by atoms with van der Waals surface area (Å²) in [5, 5.41) is 3.49. The van der Waals surface area contributed by atoms with Gasteiger partial charge in [0.15, 0.2) is 0 Å². The molecule has 4 nitrogen and oxygen atoms in total. The van der Waals surface area contributed by atoms with Crippen molar-refractivity contribution in [3.63, 3.8) is 0 Å². The molecule has 1 aliphatic carbocycles. The number of aromatic nitrogens is 2. The molecule has 0 amide bonds. The first-order valence-corrected chi connectivity index (χ1v) is 6.44. The van der Waals surface area contributed by atoms with Gasteiger partial charge in [-0.15, -0.1) is 0 Å². The Morgan fingerprint density at radius 3 is 2.78 bits per heavy atom. The van der Waals surface area contributed by atoms with Crippen molar-refractivity contribution in [1.82, 2.24) is 14.9 Å². The molecule has 2 aromatic rings. The summed E-state index contributed by atoms with van der Waals surface area (Å²) in [5.41, 5.74) is 4.70. The number of fused-ring (bicyclic) bond motifs is 6. The van der Waals surface area contributed by atoms with Crippen molar-refractivity contribution in [3.05, 3.63) is 39.8 Å². The summed E-state index contributed by atoms with van der Waals surface area (Å²) >= 11 is 0. The molecule has 92 valence electrons. The van der Waals surface area contributed by atoms with Crippen LogP contribution in [0.2, 0.25) is 0 Å². The highest BCUT2D eigenvalue weighted by Gasteiger charge is 2.34. The van der Waals surface area contributed by atoms with Crippen LogP contribution in [0.1, 0.15) is 29.4 Å². The molecule has 2 heterocycles. The molecule has 1 N–H and O–H groups in total. The van der Waals surface area contributed by atoms with Crippen LogP contribution in [-0.4, -0.2) is 22.6 Å². The molecule has 2 unspecified atom stereocenters. The monoisotopic (exact) mass is 241 g/mol. The fourth-order valence-corrected chi connectivity index (χ4v) is 3.43. The average molecular weight is 241 g/mol. The van der Waals surface area contributed by atoms with Crippen molar-refractivity contribution in [2.75, 3.05) is 13.1 Å². The number of aryl methyl sites for hydroxylation is 1. The van der Waals surface area contributed by atoms with E-state index in [4.69, 9.17) is 0 Å². The molecule has 0 radical (unpaired) electrons. The molecular weight excluding hydrogens is 226 g/mol. The zero-order chi connectivity index (χ0) is 12.3. The molecule has 1 saturated heterocycles. The zero-order valence-corrected chi connectivity index (χ0v) is 10.3. The topological polar surface area (TPSA) is 46.9 Å². The lowest BCUT2D eigenvalue weighted by atomic mass is 9.98. The Bertz CT molecular complexity index is 704. The quantitative estimate of drug-likeness (QED) is 0.751. The van der Waals surface area contributed by atoms with Gasteiger partial charge in [-0.05, 0) is 41.5 Å². The van der Waals surface area contributed by atoms with Crippen molar-refractivity contribution >= 4 is 11.0 Å². The summed E-state index contributed by atoms with van der Waals surface area (Å²) in [6.45, 7) is 2.13. The third-order valence-corrected chi connectivity index (χ3v) is 4.42. The minimum Gasteiger partial charge on any atom is -0.316 e. The van der Waals surface area contributed by atoms with Crippen LogP contribution in [-0.2, 0) is 7.05 Å². The SMILES string of the molecule is Cn1c(=O)cnc2cc3c(cc21)C1CNCC3C1. The summed E-state index contributed by atoms with van der Waals surface area (Å²) in [4.78, 5) is 15.9. The molecule has 4 rings (SSSR count). The minimum atomic E-state index is -0.0402. The first-order valence-electron chi connectivity index (χ1n) is 6.44. The van der Waals surface area contributed by atoms with Crippen LogP contribution in [0.25, 0.3) is 11.0 Å². The van der Waals surface area contributed by atoms with Crippen molar-refractivity contribution in [2.24, 2.45) is 7.05 Å². The molecule has 18 heavy (non-hydrogen) atoms. The number of nitrogens with zero attached hydrogens (tertiary/aromatic N) is 2. The van der Waals surface area contributed by atoms with Crippen molar-refractivity contribution < 1.29 is 0 Å². The van der Waals surface area contributed by atoms with Crippen LogP contribution in [0.3, 0.4) is 0 Å². The average Bonchev–Trinajstić information content (AvgIpc) is 2.64. The molecule has 0 spiro atoms. The van der Waals surface area contributed by atoms with E-state index < -0.39 is 0 Å².